The molecule has 0 aliphatic carbocycles. The van der Waals surface area contributed by atoms with Gasteiger partial charge in [-0.25, -0.2) is 0 Å². The van der Waals surface area contributed by atoms with E-state index in [-0.39, 0.29) is 11.8 Å². The Labute approximate surface area is 156 Å². The third-order valence-electron chi connectivity index (χ3n) is 4.51. The molecule has 0 aliphatic rings. The van der Waals surface area contributed by atoms with E-state index in [1.54, 1.807) is 11.8 Å². The Balaban J connectivity index is 1.90. The topological polar surface area (TPSA) is 49.4 Å². The zero-order chi connectivity index (χ0) is 19.1. The van der Waals surface area contributed by atoms with E-state index in [1.807, 2.05) is 51.1 Å². The van der Waals surface area contributed by atoms with E-state index < -0.39 is 0 Å². The molecule has 0 heterocycles. The van der Waals surface area contributed by atoms with Gasteiger partial charge in [-0.15, -0.1) is 0 Å². The minimum absolute atomic E-state index is 0.00331. The molecule has 0 aromatic heterocycles. The zero-order valence-corrected chi connectivity index (χ0v) is 16.1. The predicted octanol–water partition coefficient (Wildman–Crippen LogP) is 4.03. The number of nitrogens with one attached hydrogen (secondary N) is 1. The van der Waals surface area contributed by atoms with Crippen molar-refractivity contribution in [3.63, 3.8) is 0 Å². The highest BCUT2D eigenvalue weighted by molar-refractivity contribution is 5.92. The van der Waals surface area contributed by atoms with Crippen LogP contribution in [0.1, 0.15) is 35.6 Å². The second kappa shape index (κ2) is 9.18. The molecule has 4 heteroatoms. The van der Waals surface area contributed by atoms with Crippen LogP contribution >= 0.6 is 0 Å². The number of aryl methyl sites for hydroxylation is 3. The van der Waals surface area contributed by atoms with Crippen molar-refractivity contribution in [1.82, 2.24) is 4.90 Å². The van der Waals surface area contributed by atoms with Crippen LogP contribution in [0.5, 0.6) is 0 Å². The van der Waals surface area contributed by atoms with Gasteiger partial charge < -0.3 is 10.2 Å². The summed E-state index contributed by atoms with van der Waals surface area (Å²) in [4.78, 5) is 26.0. The first kappa shape index (κ1) is 19.7. The highest BCUT2D eigenvalue weighted by Gasteiger charge is 2.13. The van der Waals surface area contributed by atoms with E-state index in [2.05, 4.69) is 17.4 Å². The van der Waals surface area contributed by atoms with E-state index in [4.69, 9.17) is 0 Å². The van der Waals surface area contributed by atoms with E-state index in [1.165, 1.54) is 11.1 Å². The van der Waals surface area contributed by atoms with Gasteiger partial charge in [0.15, 0.2) is 0 Å². The molecule has 4 nitrogen and oxygen atoms in total. The fraction of sp³-hybridized carbons (Fsp3) is 0.364. The lowest BCUT2D eigenvalue weighted by molar-refractivity contribution is -0.129. The number of carbonyl (C=O) groups is 2. The molecular formula is C22H28N2O2. The summed E-state index contributed by atoms with van der Waals surface area (Å²) in [5, 5.41) is 3.00. The maximum atomic E-state index is 12.4. The van der Waals surface area contributed by atoms with Crippen molar-refractivity contribution >= 4 is 17.5 Å². The fourth-order valence-electron chi connectivity index (χ4n) is 3.15. The van der Waals surface area contributed by atoms with Gasteiger partial charge in [-0.05, 0) is 43.9 Å². The second-order valence-electron chi connectivity index (χ2n) is 6.81. The molecule has 2 amide bonds. The minimum Gasteiger partial charge on any atom is -0.342 e. The molecule has 0 unspecified atom stereocenters. The largest absolute Gasteiger partial charge is 0.342 e. The highest BCUT2D eigenvalue weighted by atomic mass is 16.2. The molecule has 26 heavy (non-hydrogen) atoms. The number of anilines is 1. The molecule has 0 saturated heterocycles. The lowest BCUT2D eigenvalue weighted by Crippen LogP contribution is -2.33. The van der Waals surface area contributed by atoms with Gasteiger partial charge in [-0.3, -0.25) is 9.59 Å². The van der Waals surface area contributed by atoms with Crippen LogP contribution < -0.4 is 5.32 Å². The minimum atomic E-state index is -0.0639. The van der Waals surface area contributed by atoms with Crippen LogP contribution in [0.15, 0.2) is 42.5 Å². The number of benzene rings is 2. The summed E-state index contributed by atoms with van der Waals surface area (Å²) in [6.07, 6.45) is 1.08. The first-order valence-electron chi connectivity index (χ1n) is 9.04. The van der Waals surface area contributed by atoms with Crippen molar-refractivity contribution < 1.29 is 9.59 Å². The molecule has 0 spiro atoms. The van der Waals surface area contributed by atoms with Crippen molar-refractivity contribution in [2.45, 2.75) is 40.5 Å². The van der Waals surface area contributed by atoms with Crippen LogP contribution in [0.4, 0.5) is 5.69 Å². The first-order chi connectivity index (χ1) is 12.4. The van der Waals surface area contributed by atoms with Crippen LogP contribution in [-0.2, 0) is 16.0 Å². The fourth-order valence-corrected chi connectivity index (χ4v) is 3.15. The molecule has 2 rings (SSSR count). The normalized spacial score (nSPS) is 10.5. The van der Waals surface area contributed by atoms with Crippen molar-refractivity contribution in [3.05, 3.63) is 64.7 Å². The highest BCUT2D eigenvalue weighted by Crippen LogP contribution is 2.22. The van der Waals surface area contributed by atoms with Crippen LogP contribution in [-0.4, -0.2) is 29.8 Å². The Hall–Kier alpha value is -2.62. The summed E-state index contributed by atoms with van der Waals surface area (Å²) < 4.78 is 0. The number of carbonyl (C=O) groups excluding carboxylic acids is 2. The summed E-state index contributed by atoms with van der Waals surface area (Å²) in [7, 11) is 0. The maximum Gasteiger partial charge on any atom is 0.226 e. The van der Waals surface area contributed by atoms with Crippen molar-refractivity contribution in [3.8, 4) is 0 Å². The Kier molecular flexibility index (Phi) is 6.96. The third-order valence-corrected chi connectivity index (χ3v) is 4.51. The predicted molar refractivity (Wildman–Crippen MR) is 106 cm³/mol. The van der Waals surface area contributed by atoms with E-state index in [0.29, 0.717) is 19.5 Å². The summed E-state index contributed by atoms with van der Waals surface area (Å²) in [6, 6.07) is 14.2. The van der Waals surface area contributed by atoms with Gasteiger partial charge in [0.2, 0.25) is 11.8 Å². The van der Waals surface area contributed by atoms with Gasteiger partial charge in [-0.1, -0.05) is 48.0 Å². The first-order valence-corrected chi connectivity index (χ1v) is 9.04. The SMILES string of the molecule is CC(=O)N(CCC(=O)Nc1c(C)cc(C)cc1C)CCc1ccccc1. The smallest absolute Gasteiger partial charge is 0.226 e. The molecule has 2 aromatic carbocycles. The molecular weight excluding hydrogens is 324 g/mol. The number of hydrogen-bond donors (Lipinski definition) is 1. The van der Waals surface area contributed by atoms with Crippen molar-refractivity contribution in [1.29, 1.82) is 0 Å². The number of rotatable bonds is 7. The standard InChI is InChI=1S/C22H28N2O2/c1-16-14-17(2)22(18(3)15-16)23-21(26)11-13-24(19(4)25)12-10-20-8-6-5-7-9-20/h5-9,14-15H,10-13H2,1-4H3,(H,23,26). The van der Waals surface area contributed by atoms with Crippen LogP contribution in [0, 0.1) is 20.8 Å². The molecule has 0 atom stereocenters. The van der Waals surface area contributed by atoms with Crippen LogP contribution in [0.3, 0.4) is 0 Å². The number of hydrogen-bond acceptors (Lipinski definition) is 2. The van der Waals surface area contributed by atoms with Gasteiger partial charge in [0, 0.05) is 32.1 Å². The van der Waals surface area contributed by atoms with Gasteiger partial charge >= 0.3 is 0 Å². The molecule has 0 fully saturated rings. The zero-order valence-electron chi connectivity index (χ0n) is 16.1. The Morgan fingerprint density at radius 1 is 0.962 bits per heavy atom. The number of nitrogens with zero attached hydrogens (tertiary/aromatic N) is 1. The maximum absolute atomic E-state index is 12.4. The summed E-state index contributed by atoms with van der Waals surface area (Å²) in [5.74, 6) is -0.0672. The molecule has 0 saturated carbocycles. The van der Waals surface area contributed by atoms with Crippen LogP contribution in [0.25, 0.3) is 0 Å². The average molecular weight is 352 g/mol. The van der Waals surface area contributed by atoms with Gasteiger partial charge in [0.05, 0.1) is 0 Å². The lowest BCUT2D eigenvalue weighted by Gasteiger charge is -2.21. The quantitative estimate of drug-likeness (QED) is 0.818. The summed E-state index contributed by atoms with van der Waals surface area (Å²) in [6.45, 7) is 8.64. The average Bonchev–Trinajstić information content (AvgIpc) is 2.58. The molecule has 0 bridgehead atoms. The molecule has 0 aliphatic heterocycles. The Morgan fingerprint density at radius 3 is 2.15 bits per heavy atom. The molecule has 138 valence electrons. The van der Waals surface area contributed by atoms with Gasteiger partial charge in [-0.2, -0.15) is 0 Å². The summed E-state index contributed by atoms with van der Waals surface area (Å²) >= 11 is 0. The van der Waals surface area contributed by atoms with E-state index in [9.17, 15) is 9.59 Å². The third kappa shape index (κ3) is 5.73. The second-order valence-corrected chi connectivity index (χ2v) is 6.81. The monoisotopic (exact) mass is 352 g/mol. The van der Waals surface area contributed by atoms with E-state index in [0.717, 1.165) is 23.2 Å². The molecule has 0 radical (unpaired) electrons. The van der Waals surface area contributed by atoms with Gasteiger partial charge in [0.25, 0.3) is 0 Å². The van der Waals surface area contributed by atoms with Crippen molar-refractivity contribution in [2.24, 2.45) is 0 Å². The Morgan fingerprint density at radius 2 is 1.58 bits per heavy atom. The van der Waals surface area contributed by atoms with Crippen molar-refractivity contribution in [2.75, 3.05) is 18.4 Å². The number of amides is 2. The van der Waals surface area contributed by atoms with Gasteiger partial charge in [0.1, 0.15) is 0 Å². The summed E-state index contributed by atoms with van der Waals surface area (Å²) in [5.41, 5.74) is 5.36. The van der Waals surface area contributed by atoms with E-state index >= 15 is 0 Å². The van der Waals surface area contributed by atoms with Crippen LogP contribution in [0.2, 0.25) is 0 Å². The molecule has 2 aromatic rings. The lowest BCUT2D eigenvalue weighted by atomic mass is 10.0. The molecule has 1 N–H and O–H groups in total. The Bertz CT molecular complexity index is 746.